The van der Waals surface area contributed by atoms with Crippen LogP contribution < -0.4 is 4.74 Å². The molecule has 0 spiro atoms. The number of halogens is 2. The normalized spacial score (nSPS) is 10.6. The second-order valence-electron chi connectivity index (χ2n) is 4.74. The predicted molar refractivity (Wildman–Crippen MR) is 80.3 cm³/mol. The van der Waals surface area contributed by atoms with Crippen LogP contribution in [0.25, 0.3) is 11.1 Å². The first-order valence-corrected chi connectivity index (χ1v) is 6.84. The molecule has 0 heterocycles. The third-order valence-electron chi connectivity index (χ3n) is 3.16. The maximum atomic E-state index is 13.7. The van der Waals surface area contributed by atoms with Crippen LogP contribution in [-0.2, 0) is 0 Å². The summed E-state index contributed by atoms with van der Waals surface area (Å²) in [5, 5.41) is 0. The van der Waals surface area contributed by atoms with Gasteiger partial charge < -0.3 is 4.74 Å². The van der Waals surface area contributed by atoms with E-state index in [9.17, 15) is 4.39 Å². The zero-order chi connectivity index (χ0) is 14.2. The van der Waals surface area contributed by atoms with E-state index in [1.165, 1.54) is 17.7 Å². The average Bonchev–Trinajstić information content (AvgIpc) is 2.26. The van der Waals surface area contributed by atoms with Crippen molar-refractivity contribution in [3.8, 4) is 16.9 Å². The Bertz CT molecular complexity index is 612. The molecule has 0 aromatic heterocycles. The van der Waals surface area contributed by atoms with Crippen LogP contribution in [0.4, 0.5) is 4.39 Å². The molecule has 0 fully saturated rings. The van der Waals surface area contributed by atoms with Crippen molar-refractivity contribution in [2.24, 2.45) is 0 Å². The third kappa shape index (κ3) is 2.66. The largest absolute Gasteiger partial charge is 0.495 e. The Balaban J connectivity index is 2.79. The van der Waals surface area contributed by atoms with E-state index in [-0.39, 0.29) is 5.82 Å². The molecule has 0 aliphatic heterocycles. The molecule has 2 aromatic carbocycles. The molecule has 0 saturated carbocycles. The smallest absolute Gasteiger partial charge is 0.141 e. The average molecular weight is 323 g/mol. The van der Waals surface area contributed by atoms with Gasteiger partial charge in [-0.3, -0.25) is 0 Å². The fraction of sp³-hybridized carbons (Fsp3) is 0.250. The molecule has 19 heavy (non-hydrogen) atoms. The SMILES string of the molecule is COc1c(Br)cc(F)cc1-c1c(C)cc(C)cc1C. The first kappa shape index (κ1) is 14.1. The molecule has 0 radical (unpaired) electrons. The summed E-state index contributed by atoms with van der Waals surface area (Å²) in [6.45, 7) is 6.13. The second-order valence-corrected chi connectivity index (χ2v) is 5.60. The van der Waals surface area contributed by atoms with Crippen molar-refractivity contribution in [1.82, 2.24) is 0 Å². The summed E-state index contributed by atoms with van der Waals surface area (Å²) in [6.07, 6.45) is 0. The van der Waals surface area contributed by atoms with Gasteiger partial charge in [-0.25, -0.2) is 4.39 Å². The van der Waals surface area contributed by atoms with Crippen molar-refractivity contribution in [2.45, 2.75) is 20.8 Å². The Morgan fingerprint density at radius 2 is 1.58 bits per heavy atom. The monoisotopic (exact) mass is 322 g/mol. The van der Waals surface area contributed by atoms with Gasteiger partial charge in [0.15, 0.2) is 0 Å². The van der Waals surface area contributed by atoms with Gasteiger partial charge in [-0.15, -0.1) is 0 Å². The molecule has 0 bridgehead atoms. The van der Waals surface area contributed by atoms with E-state index < -0.39 is 0 Å². The number of benzene rings is 2. The lowest BCUT2D eigenvalue weighted by molar-refractivity contribution is 0.412. The van der Waals surface area contributed by atoms with Gasteiger partial charge in [0.05, 0.1) is 11.6 Å². The van der Waals surface area contributed by atoms with Crippen LogP contribution in [0.3, 0.4) is 0 Å². The maximum absolute atomic E-state index is 13.7. The zero-order valence-corrected chi connectivity index (χ0v) is 13.1. The molecule has 0 atom stereocenters. The number of rotatable bonds is 2. The van der Waals surface area contributed by atoms with Gasteiger partial charge >= 0.3 is 0 Å². The van der Waals surface area contributed by atoms with Crippen molar-refractivity contribution in [3.63, 3.8) is 0 Å². The maximum Gasteiger partial charge on any atom is 0.141 e. The molecule has 0 unspecified atom stereocenters. The molecule has 100 valence electrons. The molecular formula is C16H16BrFO. The first-order valence-electron chi connectivity index (χ1n) is 6.05. The summed E-state index contributed by atoms with van der Waals surface area (Å²) in [4.78, 5) is 0. The van der Waals surface area contributed by atoms with E-state index in [2.05, 4.69) is 35.0 Å². The van der Waals surface area contributed by atoms with Gasteiger partial charge in [0.2, 0.25) is 0 Å². The van der Waals surface area contributed by atoms with Crippen molar-refractivity contribution in [3.05, 3.63) is 51.2 Å². The lowest BCUT2D eigenvalue weighted by Gasteiger charge is -2.16. The van der Waals surface area contributed by atoms with Crippen molar-refractivity contribution in [2.75, 3.05) is 7.11 Å². The van der Waals surface area contributed by atoms with E-state index in [1.54, 1.807) is 7.11 Å². The predicted octanol–water partition coefficient (Wildman–Crippen LogP) is 5.19. The number of aryl methyl sites for hydroxylation is 3. The van der Waals surface area contributed by atoms with Crippen LogP contribution in [0.5, 0.6) is 5.75 Å². The molecule has 0 aliphatic carbocycles. The van der Waals surface area contributed by atoms with E-state index in [0.29, 0.717) is 10.2 Å². The Morgan fingerprint density at radius 3 is 2.11 bits per heavy atom. The topological polar surface area (TPSA) is 9.23 Å². The Labute approximate surface area is 121 Å². The fourth-order valence-electron chi connectivity index (χ4n) is 2.56. The minimum absolute atomic E-state index is 0.276. The molecular weight excluding hydrogens is 307 g/mol. The van der Waals surface area contributed by atoms with Gasteiger partial charge in [0.25, 0.3) is 0 Å². The van der Waals surface area contributed by atoms with E-state index >= 15 is 0 Å². The first-order chi connectivity index (χ1) is 8.93. The van der Waals surface area contributed by atoms with Gasteiger partial charge in [-0.05, 0) is 65.5 Å². The minimum atomic E-state index is -0.276. The summed E-state index contributed by atoms with van der Waals surface area (Å²) in [7, 11) is 1.60. The summed E-state index contributed by atoms with van der Waals surface area (Å²) in [5.74, 6) is 0.388. The van der Waals surface area contributed by atoms with Crippen LogP contribution >= 0.6 is 15.9 Å². The molecule has 0 aliphatic rings. The van der Waals surface area contributed by atoms with Crippen LogP contribution in [0, 0.1) is 26.6 Å². The van der Waals surface area contributed by atoms with E-state index in [0.717, 1.165) is 22.3 Å². The number of hydrogen-bond donors (Lipinski definition) is 0. The quantitative estimate of drug-likeness (QED) is 0.739. The fourth-order valence-corrected chi connectivity index (χ4v) is 3.15. The van der Waals surface area contributed by atoms with Gasteiger partial charge in [0.1, 0.15) is 11.6 Å². The second kappa shape index (κ2) is 5.33. The molecule has 0 saturated heterocycles. The van der Waals surface area contributed by atoms with Crippen LogP contribution in [0.15, 0.2) is 28.7 Å². The van der Waals surface area contributed by atoms with Gasteiger partial charge in [0, 0.05) is 5.56 Å². The Hall–Kier alpha value is -1.35. The standard InChI is InChI=1S/C16H16BrFO/c1-9-5-10(2)15(11(3)6-9)13-7-12(18)8-14(17)16(13)19-4/h5-8H,1-4H3. The lowest BCUT2D eigenvalue weighted by Crippen LogP contribution is -1.96. The molecule has 3 heteroatoms. The molecule has 0 N–H and O–H groups in total. The van der Waals surface area contributed by atoms with E-state index in [4.69, 9.17) is 4.74 Å². The highest BCUT2D eigenvalue weighted by atomic mass is 79.9. The van der Waals surface area contributed by atoms with Gasteiger partial charge in [-0.2, -0.15) is 0 Å². The zero-order valence-electron chi connectivity index (χ0n) is 11.5. The molecule has 1 nitrogen and oxygen atoms in total. The van der Waals surface area contributed by atoms with Gasteiger partial charge in [-0.1, -0.05) is 17.7 Å². The minimum Gasteiger partial charge on any atom is -0.495 e. The van der Waals surface area contributed by atoms with Crippen molar-refractivity contribution >= 4 is 15.9 Å². The molecule has 2 rings (SSSR count). The highest BCUT2D eigenvalue weighted by Gasteiger charge is 2.15. The van der Waals surface area contributed by atoms with Crippen molar-refractivity contribution in [1.29, 1.82) is 0 Å². The summed E-state index contributed by atoms with van der Waals surface area (Å²) in [6, 6.07) is 7.14. The van der Waals surface area contributed by atoms with Crippen LogP contribution in [0.1, 0.15) is 16.7 Å². The summed E-state index contributed by atoms with van der Waals surface area (Å²) < 4.78 is 19.7. The third-order valence-corrected chi connectivity index (χ3v) is 3.75. The van der Waals surface area contributed by atoms with Crippen LogP contribution in [0.2, 0.25) is 0 Å². The highest BCUT2D eigenvalue weighted by Crippen LogP contribution is 2.40. The van der Waals surface area contributed by atoms with E-state index in [1.807, 2.05) is 13.8 Å². The molecule has 2 aromatic rings. The highest BCUT2D eigenvalue weighted by molar-refractivity contribution is 9.10. The van der Waals surface area contributed by atoms with Crippen LogP contribution in [-0.4, -0.2) is 7.11 Å². The molecule has 0 amide bonds. The van der Waals surface area contributed by atoms with Crippen molar-refractivity contribution < 1.29 is 9.13 Å². The summed E-state index contributed by atoms with van der Waals surface area (Å²) >= 11 is 3.35. The lowest BCUT2D eigenvalue weighted by atomic mass is 9.93. The number of hydrogen-bond acceptors (Lipinski definition) is 1. The Morgan fingerprint density at radius 1 is 1.00 bits per heavy atom. The Kier molecular flexibility index (Phi) is 3.95. The number of ether oxygens (including phenoxy) is 1. The number of methoxy groups -OCH3 is 1. The summed E-state index contributed by atoms with van der Waals surface area (Å²) in [5.41, 5.74) is 5.25.